The molecule has 19 heavy (non-hydrogen) atoms. The van der Waals surface area contributed by atoms with Crippen molar-refractivity contribution in [2.24, 2.45) is 0 Å². The molecular formula is C18H23N. The molecule has 1 N–H and O–H groups in total. The molecule has 0 aliphatic carbocycles. The van der Waals surface area contributed by atoms with Crippen LogP contribution < -0.4 is 5.32 Å². The minimum atomic E-state index is 0.388. The fourth-order valence-electron chi connectivity index (χ4n) is 2.40. The van der Waals surface area contributed by atoms with Gasteiger partial charge in [-0.2, -0.15) is 0 Å². The standard InChI is InChI=1S/C18H23N/c1-14-9-11-18(12-10-14)16(3)19-15(2)13-17-7-5-4-6-8-17/h4-12,15-16,19H,13H2,1-3H3/t15?,16-/m1/s1. The summed E-state index contributed by atoms with van der Waals surface area (Å²) in [4.78, 5) is 0. The molecule has 2 rings (SSSR count). The molecule has 0 radical (unpaired) electrons. The highest BCUT2D eigenvalue weighted by atomic mass is 14.9. The van der Waals surface area contributed by atoms with Gasteiger partial charge in [-0.25, -0.2) is 0 Å². The third-order valence-corrected chi connectivity index (χ3v) is 3.50. The molecule has 2 atom stereocenters. The Bertz CT molecular complexity index is 487. The number of benzene rings is 2. The maximum atomic E-state index is 3.66. The number of aryl methyl sites for hydroxylation is 1. The fourth-order valence-corrected chi connectivity index (χ4v) is 2.40. The Morgan fingerprint density at radius 1 is 0.895 bits per heavy atom. The minimum absolute atomic E-state index is 0.388. The number of hydrogen-bond acceptors (Lipinski definition) is 1. The fraction of sp³-hybridized carbons (Fsp3) is 0.333. The average Bonchev–Trinajstić information content (AvgIpc) is 2.40. The van der Waals surface area contributed by atoms with E-state index in [2.05, 4.69) is 80.7 Å². The zero-order chi connectivity index (χ0) is 13.7. The molecule has 2 aromatic rings. The van der Waals surface area contributed by atoms with E-state index in [0.717, 1.165) is 6.42 Å². The predicted octanol–water partition coefficient (Wildman–Crippen LogP) is 4.28. The van der Waals surface area contributed by atoms with Gasteiger partial charge in [0, 0.05) is 12.1 Å². The summed E-state index contributed by atoms with van der Waals surface area (Å²) >= 11 is 0. The Morgan fingerprint density at radius 2 is 1.53 bits per heavy atom. The third-order valence-electron chi connectivity index (χ3n) is 3.50. The van der Waals surface area contributed by atoms with Crippen LogP contribution in [0.25, 0.3) is 0 Å². The lowest BCUT2D eigenvalue weighted by atomic mass is 10.0. The normalized spacial score (nSPS) is 14.1. The van der Waals surface area contributed by atoms with Gasteiger partial charge in [0.25, 0.3) is 0 Å². The van der Waals surface area contributed by atoms with Gasteiger partial charge in [-0.1, -0.05) is 60.2 Å². The second kappa shape index (κ2) is 6.53. The summed E-state index contributed by atoms with van der Waals surface area (Å²) < 4.78 is 0. The first kappa shape index (κ1) is 13.8. The summed E-state index contributed by atoms with van der Waals surface area (Å²) in [5.41, 5.74) is 4.05. The largest absolute Gasteiger partial charge is 0.307 e. The van der Waals surface area contributed by atoms with Crippen LogP contribution in [-0.4, -0.2) is 6.04 Å². The Kier molecular flexibility index (Phi) is 4.75. The quantitative estimate of drug-likeness (QED) is 0.838. The Morgan fingerprint density at radius 3 is 2.16 bits per heavy atom. The topological polar surface area (TPSA) is 12.0 Å². The molecule has 2 aromatic carbocycles. The van der Waals surface area contributed by atoms with Crippen LogP contribution in [0.4, 0.5) is 0 Å². The molecule has 1 nitrogen and oxygen atoms in total. The van der Waals surface area contributed by atoms with Crippen molar-refractivity contribution in [1.29, 1.82) is 0 Å². The highest BCUT2D eigenvalue weighted by Crippen LogP contribution is 2.14. The second-order valence-electron chi connectivity index (χ2n) is 5.39. The molecule has 0 amide bonds. The van der Waals surface area contributed by atoms with E-state index in [4.69, 9.17) is 0 Å². The zero-order valence-electron chi connectivity index (χ0n) is 12.1. The van der Waals surface area contributed by atoms with Crippen LogP contribution in [0, 0.1) is 6.92 Å². The smallest absolute Gasteiger partial charge is 0.0294 e. The van der Waals surface area contributed by atoms with Crippen LogP contribution in [0.1, 0.15) is 36.6 Å². The summed E-state index contributed by atoms with van der Waals surface area (Å²) in [6.45, 7) is 6.60. The summed E-state index contributed by atoms with van der Waals surface area (Å²) in [5, 5.41) is 3.66. The minimum Gasteiger partial charge on any atom is -0.307 e. The van der Waals surface area contributed by atoms with Gasteiger partial charge < -0.3 is 5.32 Å². The van der Waals surface area contributed by atoms with Gasteiger partial charge in [0.05, 0.1) is 0 Å². The maximum Gasteiger partial charge on any atom is 0.0294 e. The Labute approximate surface area is 116 Å². The summed E-state index contributed by atoms with van der Waals surface area (Å²) in [7, 11) is 0. The van der Waals surface area contributed by atoms with E-state index < -0.39 is 0 Å². The highest BCUT2D eigenvalue weighted by molar-refractivity contribution is 5.24. The zero-order valence-corrected chi connectivity index (χ0v) is 12.1. The van der Waals surface area contributed by atoms with Crippen molar-refractivity contribution in [2.75, 3.05) is 0 Å². The van der Waals surface area contributed by atoms with Crippen molar-refractivity contribution >= 4 is 0 Å². The van der Waals surface area contributed by atoms with Crippen LogP contribution in [0.3, 0.4) is 0 Å². The summed E-state index contributed by atoms with van der Waals surface area (Å²) in [5.74, 6) is 0. The van der Waals surface area contributed by atoms with Crippen LogP contribution in [0.2, 0.25) is 0 Å². The molecule has 1 heteroatoms. The SMILES string of the molecule is Cc1ccc([C@@H](C)NC(C)Cc2ccccc2)cc1. The van der Waals surface area contributed by atoms with E-state index >= 15 is 0 Å². The van der Waals surface area contributed by atoms with Crippen LogP contribution in [0.15, 0.2) is 54.6 Å². The van der Waals surface area contributed by atoms with Crippen molar-refractivity contribution < 1.29 is 0 Å². The molecule has 0 aliphatic rings. The highest BCUT2D eigenvalue weighted by Gasteiger charge is 2.09. The molecule has 1 unspecified atom stereocenters. The molecule has 0 bridgehead atoms. The molecule has 0 spiro atoms. The predicted molar refractivity (Wildman–Crippen MR) is 82.3 cm³/mol. The van der Waals surface area contributed by atoms with Gasteiger partial charge >= 0.3 is 0 Å². The van der Waals surface area contributed by atoms with Crippen molar-refractivity contribution in [3.8, 4) is 0 Å². The number of hydrogen-bond donors (Lipinski definition) is 1. The molecule has 100 valence electrons. The van der Waals surface area contributed by atoms with Crippen molar-refractivity contribution in [3.05, 3.63) is 71.3 Å². The number of rotatable bonds is 5. The van der Waals surface area contributed by atoms with Crippen molar-refractivity contribution in [2.45, 2.75) is 39.3 Å². The summed E-state index contributed by atoms with van der Waals surface area (Å²) in [6.07, 6.45) is 1.07. The first-order chi connectivity index (χ1) is 9.15. The lowest BCUT2D eigenvalue weighted by Gasteiger charge is -2.20. The van der Waals surface area contributed by atoms with Crippen LogP contribution in [-0.2, 0) is 6.42 Å². The van der Waals surface area contributed by atoms with E-state index in [1.807, 2.05) is 0 Å². The van der Waals surface area contributed by atoms with Crippen molar-refractivity contribution in [3.63, 3.8) is 0 Å². The van der Waals surface area contributed by atoms with Gasteiger partial charge in [-0.3, -0.25) is 0 Å². The third kappa shape index (κ3) is 4.22. The van der Waals surface area contributed by atoms with Gasteiger partial charge in [0.2, 0.25) is 0 Å². The van der Waals surface area contributed by atoms with Gasteiger partial charge in [0.1, 0.15) is 0 Å². The lowest BCUT2D eigenvalue weighted by Crippen LogP contribution is -2.30. The Hall–Kier alpha value is -1.60. The van der Waals surface area contributed by atoms with Crippen molar-refractivity contribution in [1.82, 2.24) is 5.32 Å². The maximum absolute atomic E-state index is 3.66. The average molecular weight is 253 g/mol. The number of nitrogens with one attached hydrogen (secondary N) is 1. The van der Waals surface area contributed by atoms with E-state index in [0.29, 0.717) is 12.1 Å². The monoisotopic (exact) mass is 253 g/mol. The molecule has 0 saturated carbocycles. The second-order valence-corrected chi connectivity index (χ2v) is 5.39. The van der Waals surface area contributed by atoms with E-state index in [-0.39, 0.29) is 0 Å². The Balaban J connectivity index is 1.91. The molecule has 0 aromatic heterocycles. The van der Waals surface area contributed by atoms with E-state index in [1.54, 1.807) is 0 Å². The van der Waals surface area contributed by atoms with Gasteiger partial charge in [-0.05, 0) is 38.3 Å². The molecule has 0 fully saturated rings. The van der Waals surface area contributed by atoms with Crippen LogP contribution in [0.5, 0.6) is 0 Å². The molecular weight excluding hydrogens is 230 g/mol. The van der Waals surface area contributed by atoms with Gasteiger partial charge in [-0.15, -0.1) is 0 Å². The van der Waals surface area contributed by atoms with E-state index in [1.165, 1.54) is 16.7 Å². The van der Waals surface area contributed by atoms with Gasteiger partial charge in [0.15, 0.2) is 0 Å². The van der Waals surface area contributed by atoms with E-state index in [9.17, 15) is 0 Å². The first-order valence-corrected chi connectivity index (χ1v) is 7.01. The van der Waals surface area contributed by atoms with Crippen LogP contribution >= 0.6 is 0 Å². The molecule has 0 saturated heterocycles. The summed E-state index contributed by atoms with van der Waals surface area (Å²) in [6, 6.07) is 20.3. The molecule has 0 heterocycles. The molecule has 0 aliphatic heterocycles. The first-order valence-electron chi connectivity index (χ1n) is 7.01. The lowest BCUT2D eigenvalue weighted by molar-refractivity contribution is 0.477.